The molecular formula is C13H19ClN2O2. The zero-order valence-corrected chi connectivity index (χ0v) is 11.7. The van der Waals surface area contributed by atoms with E-state index in [1.807, 2.05) is 20.8 Å². The number of nitrogens with one attached hydrogen (secondary N) is 1. The molecule has 2 N–H and O–H groups in total. The van der Waals surface area contributed by atoms with Gasteiger partial charge in [0.05, 0.1) is 22.7 Å². The molecule has 0 radical (unpaired) electrons. The van der Waals surface area contributed by atoms with E-state index in [1.54, 1.807) is 6.07 Å². The van der Waals surface area contributed by atoms with Gasteiger partial charge in [-0.15, -0.1) is 0 Å². The van der Waals surface area contributed by atoms with Crippen LogP contribution in [-0.4, -0.2) is 28.1 Å². The molecule has 0 saturated carbocycles. The number of amides is 1. The van der Waals surface area contributed by atoms with Gasteiger partial charge in [-0.3, -0.25) is 9.78 Å². The molecule has 1 aromatic heterocycles. The number of halogens is 1. The highest BCUT2D eigenvalue weighted by molar-refractivity contribution is 6.33. The van der Waals surface area contributed by atoms with Gasteiger partial charge in [0.1, 0.15) is 0 Å². The van der Waals surface area contributed by atoms with Crippen LogP contribution < -0.4 is 5.32 Å². The molecule has 0 aliphatic heterocycles. The van der Waals surface area contributed by atoms with Gasteiger partial charge < -0.3 is 10.4 Å². The molecule has 4 nitrogen and oxygen atoms in total. The summed E-state index contributed by atoms with van der Waals surface area (Å²) in [6, 6.07) is 1.65. The Bertz CT molecular complexity index is 423. The van der Waals surface area contributed by atoms with Gasteiger partial charge in [-0.05, 0) is 25.8 Å². The van der Waals surface area contributed by atoms with E-state index >= 15 is 0 Å². The highest BCUT2D eigenvalue weighted by atomic mass is 35.5. The van der Waals surface area contributed by atoms with Gasteiger partial charge in [0.25, 0.3) is 5.91 Å². The Hall–Kier alpha value is -1.13. The largest absolute Gasteiger partial charge is 0.394 e. The molecule has 0 aliphatic carbocycles. The summed E-state index contributed by atoms with van der Waals surface area (Å²) in [5.74, 6) is -0.301. The maximum atomic E-state index is 12.1. The Morgan fingerprint density at radius 1 is 1.50 bits per heavy atom. The van der Waals surface area contributed by atoms with Crippen LogP contribution in [0.4, 0.5) is 0 Å². The second-order valence-corrected chi connectivity index (χ2v) is 4.81. The molecule has 18 heavy (non-hydrogen) atoms. The van der Waals surface area contributed by atoms with Crippen LogP contribution >= 0.6 is 11.6 Å². The van der Waals surface area contributed by atoms with Crippen molar-refractivity contribution in [3.63, 3.8) is 0 Å². The molecular weight excluding hydrogens is 252 g/mol. The zero-order valence-electron chi connectivity index (χ0n) is 11.0. The first-order valence-corrected chi connectivity index (χ1v) is 6.41. The molecule has 0 spiro atoms. The number of carbonyl (C=O) groups is 1. The van der Waals surface area contributed by atoms with Gasteiger partial charge in [-0.1, -0.05) is 25.4 Å². The SMILES string of the molecule is CCC(CC)(CO)NC(=O)c1cnc(C)cc1Cl. The minimum atomic E-state index is -0.592. The van der Waals surface area contributed by atoms with Crippen LogP contribution in [0.3, 0.4) is 0 Å². The maximum absolute atomic E-state index is 12.1. The van der Waals surface area contributed by atoms with Crippen LogP contribution in [0, 0.1) is 6.92 Å². The average molecular weight is 271 g/mol. The van der Waals surface area contributed by atoms with Crippen molar-refractivity contribution in [3.05, 3.63) is 28.5 Å². The van der Waals surface area contributed by atoms with E-state index in [2.05, 4.69) is 10.3 Å². The van der Waals surface area contributed by atoms with E-state index in [-0.39, 0.29) is 12.5 Å². The molecule has 0 atom stereocenters. The fraction of sp³-hybridized carbons (Fsp3) is 0.538. The topological polar surface area (TPSA) is 62.2 Å². The minimum absolute atomic E-state index is 0.0946. The monoisotopic (exact) mass is 270 g/mol. The van der Waals surface area contributed by atoms with Gasteiger partial charge in [-0.25, -0.2) is 0 Å². The average Bonchev–Trinajstić information content (AvgIpc) is 2.36. The number of hydrogen-bond acceptors (Lipinski definition) is 3. The summed E-state index contributed by atoms with van der Waals surface area (Å²) in [5.41, 5.74) is 0.503. The van der Waals surface area contributed by atoms with Crippen LogP contribution in [-0.2, 0) is 0 Å². The molecule has 100 valence electrons. The predicted octanol–water partition coefficient (Wildman–Crippen LogP) is 2.32. The number of aryl methyl sites for hydroxylation is 1. The normalized spacial score (nSPS) is 11.4. The number of aliphatic hydroxyl groups excluding tert-OH is 1. The number of aromatic nitrogens is 1. The second kappa shape index (κ2) is 6.16. The van der Waals surface area contributed by atoms with Crippen molar-refractivity contribution < 1.29 is 9.90 Å². The third-order valence-corrected chi connectivity index (χ3v) is 3.58. The van der Waals surface area contributed by atoms with Crippen molar-refractivity contribution in [3.8, 4) is 0 Å². The minimum Gasteiger partial charge on any atom is -0.394 e. The number of carbonyl (C=O) groups excluding carboxylic acids is 1. The lowest BCUT2D eigenvalue weighted by Gasteiger charge is -2.30. The highest BCUT2D eigenvalue weighted by Gasteiger charge is 2.28. The number of aliphatic hydroxyl groups is 1. The third-order valence-electron chi connectivity index (χ3n) is 3.27. The molecule has 0 unspecified atom stereocenters. The number of rotatable bonds is 5. The standard InChI is InChI=1S/C13H19ClN2O2/c1-4-13(5-2,8-17)16-12(18)10-7-15-9(3)6-11(10)14/h6-7,17H,4-5,8H2,1-3H3,(H,16,18). The lowest BCUT2D eigenvalue weighted by atomic mass is 9.93. The summed E-state index contributed by atoms with van der Waals surface area (Å²) >= 11 is 6.02. The van der Waals surface area contributed by atoms with Crippen molar-refractivity contribution in [2.75, 3.05) is 6.61 Å². The summed E-state index contributed by atoms with van der Waals surface area (Å²) < 4.78 is 0. The number of nitrogens with zero attached hydrogens (tertiary/aromatic N) is 1. The van der Waals surface area contributed by atoms with Crippen LogP contribution in [0.5, 0.6) is 0 Å². The van der Waals surface area contributed by atoms with Crippen molar-refractivity contribution in [1.29, 1.82) is 0 Å². The molecule has 1 aromatic rings. The number of pyridine rings is 1. The molecule has 0 bridgehead atoms. The van der Waals surface area contributed by atoms with E-state index < -0.39 is 5.54 Å². The van der Waals surface area contributed by atoms with Crippen molar-refractivity contribution >= 4 is 17.5 Å². The molecule has 1 rings (SSSR count). The first-order chi connectivity index (χ1) is 8.48. The van der Waals surface area contributed by atoms with Crippen molar-refractivity contribution in [2.45, 2.75) is 39.2 Å². The van der Waals surface area contributed by atoms with Gasteiger partial charge in [-0.2, -0.15) is 0 Å². The molecule has 0 aliphatic rings. The predicted molar refractivity (Wildman–Crippen MR) is 71.8 cm³/mol. The van der Waals surface area contributed by atoms with Crippen LogP contribution in [0.1, 0.15) is 42.7 Å². The van der Waals surface area contributed by atoms with Crippen LogP contribution in [0.15, 0.2) is 12.3 Å². The summed E-state index contributed by atoms with van der Waals surface area (Å²) in [4.78, 5) is 16.2. The quantitative estimate of drug-likeness (QED) is 0.863. The first-order valence-electron chi connectivity index (χ1n) is 6.03. The summed E-state index contributed by atoms with van der Waals surface area (Å²) in [7, 11) is 0. The Morgan fingerprint density at radius 3 is 2.56 bits per heavy atom. The van der Waals surface area contributed by atoms with E-state index in [0.717, 1.165) is 5.69 Å². The zero-order chi connectivity index (χ0) is 13.8. The van der Waals surface area contributed by atoms with E-state index in [9.17, 15) is 9.90 Å². The van der Waals surface area contributed by atoms with Crippen LogP contribution in [0.25, 0.3) is 0 Å². The third kappa shape index (κ3) is 3.21. The Labute approximate surface area is 112 Å². The van der Waals surface area contributed by atoms with Crippen molar-refractivity contribution in [2.24, 2.45) is 0 Å². The second-order valence-electron chi connectivity index (χ2n) is 4.41. The molecule has 1 amide bonds. The Morgan fingerprint density at radius 2 is 2.11 bits per heavy atom. The molecule has 0 aromatic carbocycles. The Kier molecular flexibility index (Phi) is 5.11. The fourth-order valence-electron chi connectivity index (χ4n) is 1.69. The van der Waals surface area contributed by atoms with Gasteiger partial charge in [0.2, 0.25) is 0 Å². The molecule has 1 heterocycles. The highest BCUT2D eigenvalue weighted by Crippen LogP contribution is 2.19. The fourth-order valence-corrected chi connectivity index (χ4v) is 1.98. The molecule has 5 heteroatoms. The molecule has 0 fully saturated rings. The lowest BCUT2D eigenvalue weighted by Crippen LogP contribution is -2.50. The summed E-state index contributed by atoms with van der Waals surface area (Å²) in [6.45, 7) is 5.57. The first kappa shape index (κ1) is 14.9. The maximum Gasteiger partial charge on any atom is 0.254 e. The van der Waals surface area contributed by atoms with E-state index in [4.69, 9.17) is 11.6 Å². The Balaban J connectivity index is 2.94. The van der Waals surface area contributed by atoms with Gasteiger partial charge in [0, 0.05) is 11.9 Å². The summed E-state index contributed by atoms with van der Waals surface area (Å²) in [5, 5.41) is 12.6. The molecule has 0 saturated heterocycles. The number of hydrogen-bond donors (Lipinski definition) is 2. The summed E-state index contributed by atoms with van der Waals surface area (Å²) in [6.07, 6.45) is 2.77. The van der Waals surface area contributed by atoms with E-state index in [0.29, 0.717) is 23.4 Å². The smallest absolute Gasteiger partial charge is 0.254 e. The van der Waals surface area contributed by atoms with Crippen LogP contribution in [0.2, 0.25) is 5.02 Å². The van der Waals surface area contributed by atoms with Gasteiger partial charge in [0.15, 0.2) is 0 Å². The van der Waals surface area contributed by atoms with Crippen molar-refractivity contribution in [1.82, 2.24) is 10.3 Å². The lowest BCUT2D eigenvalue weighted by molar-refractivity contribution is 0.0817. The van der Waals surface area contributed by atoms with E-state index in [1.165, 1.54) is 6.20 Å². The van der Waals surface area contributed by atoms with Gasteiger partial charge >= 0.3 is 0 Å².